The quantitative estimate of drug-likeness (QED) is 0.602. The van der Waals surface area contributed by atoms with Crippen molar-refractivity contribution in [2.45, 2.75) is 64.5 Å². The molecule has 1 fully saturated rings. The van der Waals surface area contributed by atoms with E-state index in [2.05, 4.69) is 41.2 Å². The molecule has 31 heavy (non-hydrogen) atoms. The van der Waals surface area contributed by atoms with E-state index in [1.54, 1.807) is 11.8 Å². The van der Waals surface area contributed by atoms with E-state index in [-0.39, 0.29) is 11.9 Å². The smallest absolute Gasteiger partial charge is 0.242 e. The maximum atomic E-state index is 13.5. The second-order valence-electron chi connectivity index (χ2n) is 8.92. The Morgan fingerprint density at radius 2 is 2.00 bits per heavy atom. The van der Waals surface area contributed by atoms with Gasteiger partial charge in [-0.3, -0.25) is 4.79 Å². The first-order chi connectivity index (χ1) is 15.0. The average Bonchev–Trinajstić information content (AvgIpc) is 3.42. The van der Waals surface area contributed by atoms with Crippen LogP contribution in [0.25, 0.3) is 11.0 Å². The van der Waals surface area contributed by atoms with Crippen LogP contribution in [0.5, 0.6) is 5.88 Å². The number of aryl methyl sites for hydroxylation is 4. The summed E-state index contributed by atoms with van der Waals surface area (Å²) in [5.74, 6) is 0.860. The van der Waals surface area contributed by atoms with Crippen LogP contribution >= 0.6 is 0 Å². The number of benzene rings is 1. The minimum absolute atomic E-state index is 0.234. The van der Waals surface area contributed by atoms with Gasteiger partial charge in [0.05, 0.1) is 18.5 Å². The highest BCUT2D eigenvalue weighted by atomic mass is 16.5. The van der Waals surface area contributed by atoms with Gasteiger partial charge in [0.15, 0.2) is 5.65 Å². The van der Waals surface area contributed by atoms with Crippen molar-refractivity contribution in [1.82, 2.24) is 19.7 Å². The fraction of sp³-hybridized carbons (Fsp3) is 0.480. The first kappa shape index (κ1) is 20.0. The number of pyridine rings is 1. The highest BCUT2D eigenvalue weighted by molar-refractivity contribution is 5.86. The Hall–Kier alpha value is -2.89. The lowest BCUT2D eigenvalue weighted by Gasteiger charge is -2.30. The molecule has 0 aliphatic heterocycles. The first-order valence-corrected chi connectivity index (χ1v) is 11.2. The highest BCUT2D eigenvalue weighted by Crippen LogP contribution is 2.42. The lowest BCUT2D eigenvalue weighted by Crippen LogP contribution is -2.36. The van der Waals surface area contributed by atoms with Crippen LogP contribution in [0.3, 0.4) is 0 Å². The SMILES string of the molecule is COc1nn(C)c2nc(C)c(CCC(=O)N(C3CC3)C3CCc4ccccc43)c(C)c12. The summed E-state index contributed by atoms with van der Waals surface area (Å²) >= 11 is 0. The number of hydrogen-bond donors (Lipinski definition) is 0. The van der Waals surface area contributed by atoms with E-state index in [1.807, 2.05) is 14.0 Å². The molecule has 1 atom stereocenters. The molecule has 0 radical (unpaired) electrons. The topological polar surface area (TPSA) is 60.2 Å². The summed E-state index contributed by atoms with van der Waals surface area (Å²) in [5.41, 5.74) is 6.78. The molecule has 0 bridgehead atoms. The number of fused-ring (bicyclic) bond motifs is 2. The molecule has 6 heteroatoms. The molecule has 1 aromatic carbocycles. The van der Waals surface area contributed by atoms with Gasteiger partial charge in [-0.05, 0) is 68.2 Å². The zero-order valence-electron chi connectivity index (χ0n) is 18.8. The van der Waals surface area contributed by atoms with E-state index in [4.69, 9.17) is 9.72 Å². The van der Waals surface area contributed by atoms with Crippen molar-refractivity contribution in [1.29, 1.82) is 0 Å². The molecular weight excluding hydrogens is 388 g/mol. The number of methoxy groups -OCH3 is 1. The molecule has 1 amide bonds. The van der Waals surface area contributed by atoms with Gasteiger partial charge in [-0.15, -0.1) is 5.10 Å². The van der Waals surface area contributed by atoms with E-state index < -0.39 is 0 Å². The summed E-state index contributed by atoms with van der Waals surface area (Å²) in [4.78, 5) is 20.5. The van der Waals surface area contributed by atoms with Gasteiger partial charge >= 0.3 is 0 Å². The number of aromatic nitrogens is 3. The van der Waals surface area contributed by atoms with Gasteiger partial charge in [-0.1, -0.05) is 24.3 Å². The van der Waals surface area contributed by atoms with Crippen LogP contribution in [-0.4, -0.2) is 38.7 Å². The van der Waals surface area contributed by atoms with E-state index in [0.717, 1.165) is 53.5 Å². The zero-order valence-corrected chi connectivity index (χ0v) is 18.8. The maximum Gasteiger partial charge on any atom is 0.242 e. The van der Waals surface area contributed by atoms with Gasteiger partial charge in [0.2, 0.25) is 11.8 Å². The van der Waals surface area contributed by atoms with Crippen LogP contribution in [0.1, 0.15) is 59.7 Å². The summed E-state index contributed by atoms with van der Waals surface area (Å²) in [6.45, 7) is 4.12. The number of ether oxygens (including phenoxy) is 1. The summed E-state index contributed by atoms with van der Waals surface area (Å²) in [6, 6.07) is 9.26. The van der Waals surface area contributed by atoms with E-state index in [0.29, 0.717) is 24.8 Å². The molecule has 5 rings (SSSR count). The van der Waals surface area contributed by atoms with Gasteiger partial charge in [-0.25, -0.2) is 9.67 Å². The Balaban J connectivity index is 1.40. The summed E-state index contributed by atoms with van der Waals surface area (Å²) < 4.78 is 7.24. The van der Waals surface area contributed by atoms with Gasteiger partial charge in [0.1, 0.15) is 0 Å². The fourth-order valence-corrected chi connectivity index (χ4v) is 5.28. The third-order valence-corrected chi connectivity index (χ3v) is 6.97. The molecule has 0 N–H and O–H groups in total. The van der Waals surface area contributed by atoms with Gasteiger partial charge in [0.25, 0.3) is 0 Å². The average molecular weight is 419 g/mol. The molecule has 3 aromatic rings. The third-order valence-electron chi connectivity index (χ3n) is 6.97. The van der Waals surface area contributed by atoms with Crippen LogP contribution in [0.4, 0.5) is 0 Å². The molecule has 6 nitrogen and oxygen atoms in total. The molecule has 2 heterocycles. The van der Waals surface area contributed by atoms with Crippen LogP contribution in [0.2, 0.25) is 0 Å². The molecule has 2 aliphatic carbocycles. The van der Waals surface area contributed by atoms with Crippen molar-refractivity contribution in [3.63, 3.8) is 0 Å². The number of carbonyl (C=O) groups is 1. The molecular formula is C25H30N4O2. The Labute approximate surface area is 183 Å². The Morgan fingerprint density at radius 3 is 2.74 bits per heavy atom. The monoisotopic (exact) mass is 418 g/mol. The number of carbonyl (C=O) groups excluding carboxylic acids is 1. The highest BCUT2D eigenvalue weighted by Gasteiger charge is 2.40. The molecule has 2 aromatic heterocycles. The summed E-state index contributed by atoms with van der Waals surface area (Å²) in [6.07, 6.45) is 5.56. The minimum Gasteiger partial charge on any atom is -0.479 e. The van der Waals surface area contributed by atoms with Crippen LogP contribution in [-0.2, 0) is 24.7 Å². The second-order valence-corrected chi connectivity index (χ2v) is 8.92. The van der Waals surface area contributed by atoms with Crippen molar-refractivity contribution in [3.05, 3.63) is 52.2 Å². The minimum atomic E-state index is 0.234. The van der Waals surface area contributed by atoms with Crippen molar-refractivity contribution in [2.75, 3.05) is 7.11 Å². The molecule has 0 spiro atoms. The Bertz CT molecular complexity index is 1160. The maximum absolute atomic E-state index is 13.5. The lowest BCUT2D eigenvalue weighted by atomic mass is 9.99. The predicted molar refractivity (Wildman–Crippen MR) is 120 cm³/mol. The second kappa shape index (κ2) is 7.66. The standard InChI is InChI=1S/C25H30N4O2/c1-15-19(16(2)26-24-23(15)25(31-4)27-28(24)3)12-14-22(30)29(18-10-11-18)21-13-9-17-7-5-6-8-20(17)21/h5-8,18,21H,9-14H2,1-4H3. The van der Waals surface area contributed by atoms with Crippen LogP contribution < -0.4 is 4.74 Å². The number of rotatable bonds is 6. The normalized spacial score (nSPS) is 17.7. The summed E-state index contributed by atoms with van der Waals surface area (Å²) in [5, 5.41) is 5.38. The molecule has 1 saturated carbocycles. The Kier molecular flexibility index (Phi) is 4.95. The fourth-order valence-electron chi connectivity index (χ4n) is 5.28. The van der Waals surface area contributed by atoms with E-state index in [1.165, 1.54) is 11.1 Å². The van der Waals surface area contributed by atoms with Crippen molar-refractivity contribution in [3.8, 4) is 5.88 Å². The number of nitrogens with zero attached hydrogens (tertiary/aromatic N) is 4. The van der Waals surface area contributed by atoms with Crippen LogP contribution in [0.15, 0.2) is 24.3 Å². The summed E-state index contributed by atoms with van der Waals surface area (Å²) in [7, 11) is 3.52. The van der Waals surface area contributed by atoms with Gasteiger partial charge in [0, 0.05) is 25.2 Å². The molecule has 1 unspecified atom stereocenters. The number of hydrogen-bond acceptors (Lipinski definition) is 4. The van der Waals surface area contributed by atoms with E-state index in [9.17, 15) is 4.79 Å². The van der Waals surface area contributed by atoms with E-state index >= 15 is 0 Å². The first-order valence-electron chi connectivity index (χ1n) is 11.2. The predicted octanol–water partition coefficient (Wildman–Crippen LogP) is 4.20. The van der Waals surface area contributed by atoms with Crippen molar-refractivity contribution in [2.24, 2.45) is 7.05 Å². The van der Waals surface area contributed by atoms with Crippen molar-refractivity contribution >= 4 is 16.9 Å². The molecule has 162 valence electrons. The number of amides is 1. The van der Waals surface area contributed by atoms with Crippen molar-refractivity contribution < 1.29 is 9.53 Å². The van der Waals surface area contributed by atoms with Crippen LogP contribution in [0, 0.1) is 13.8 Å². The molecule has 0 saturated heterocycles. The third kappa shape index (κ3) is 3.38. The lowest BCUT2D eigenvalue weighted by molar-refractivity contribution is -0.134. The van der Waals surface area contributed by atoms with Gasteiger partial charge in [-0.2, -0.15) is 0 Å². The Morgan fingerprint density at radius 1 is 1.23 bits per heavy atom. The largest absolute Gasteiger partial charge is 0.479 e. The van der Waals surface area contributed by atoms with Gasteiger partial charge < -0.3 is 9.64 Å². The molecule has 2 aliphatic rings. The zero-order chi connectivity index (χ0) is 21.7.